The molecule has 1 aromatic heterocycles. The van der Waals surface area contributed by atoms with Crippen LogP contribution >= 0.6 is 0 Å². The number of nitrogens with one attached hydrogen (secondary N) is 1. The van der Waals surface area contributed by atoms with Gasteiger partial charge in [-0.2, -0.15) is 0 Å². The number of nitrogens with zero attached hydrogens (tertiary/aromatic N) is 1. The molecule has 8 heteroatoms. The van der Waals surface area contributed by atoms with Crippen LogP contribution in [0.2, 0.25) is 0 Å². The van der Waals surface area contributed by atoms with E-state index < -0.39 is 6.36 Å². The molecule has 1 aromatic carbocycles. The third-order valence-corrected chi connectivity index (χ3v) is 6.51. The standard InChI is InChI=1S/C22H23F3N2O3/c23-22(24,25)29-18-4-2-1-3-16(18)19-17(21(30-27-19)12-5-6-12)11-26-15-9-13-7-8-14(10-15)20(13)28/h1-4,12-15,26H,5-11H2. The number of alkyl halides is 3. The lowest BCUT2D eigenvalue weighted by Crippen LogP contribution is -2.38. The molecule has 5 rings (SSSR count). The van der Waals surface area contributed by atoms with E-state index in [9.17, 15) is 18.0 Å². The van der Waals surface area contributed by atoms with Gasteiger partial charge in [-0.05, 0) is 50.7 Å². The normalized spacial score (nSPS) is 26.2. The number of hydrogen-bond acceptors (Lipinski definition) is 5. The van der Waals surface area contributed by atoms with Gasteiger partial charge < -0.3 is 14.6 Å². The van der Waals surface area contributed by atoms with Gasteiger partial charge in [0.25, 0.3) is 0 Å². The zero-order valence-corrected chi connectivity index (χ0v) is 16.4. The molecule has 0 radical (unpaired) electrons. The number of Topliss-reactive ketones (excluding diaryl/α,β-unsaturated/α-hetero) is 1. The molecule has 3 aliphatic rings. The SMILES string of the molecule is O=C1C2CCC1CC(NCc1c(-c3ccccc3OC(F)(F)F)noc1C1CC1)C2. The highest BCUT2D eigenvalue weighted by Gasteiger charge is 2.41. The van der Waals surface area contributed by atoms with Gasteiger partial charge in [0.1, 0.15) is 23.0 Å². The van der Waals surface area contributed by atoms with E-state index in [4.69, 9.17) is 4.52 Å². The van der Waals surface area contributed by atoms with Crippen molar-refractivity contribution in [3.8, 4) is 17.0 Å². The average Bonchev–Trinajstić information content (AvgIpc) is 3.42. The van der Waals surface area contributed by atoms with Crippen LogP contribution in [0.1, 0.15) is 55.8 Å². The summed E-state index contributed by atoms with van der Waals surface area (Å²) in [4.78, 5) is 12.1. The molecule has 160 valence electrons. The summed E-state index contributed by atoms with van der Waals surface area (Å²) in [5.41, 5.74) is 1.44. The minimum absolute atomic E-state index is 0.145. The summed E-state index contributed by atoms with van der Waals surface area (Å²) < 4.78 is 48.5. The van der Waals surface area contributed by atoms with E-state index in [0.29, 0.717) is 18.0 Å². The van der Waals surface area contributed by atoms with Crippen molar-refractivity contribution in [1.29, 1.82) is 0 Å². The summed E-state index contributed by atoms with van der Waals surface area (Å²) in [7, 11) is 0. The van der Waals surface area contributed by atoms with E-state index in [1.807, 2.05) is 0 Å². The Bertz CT molecular complexity index is 935. The summed E-state index contributed by atoms with van der Waals surface area (Å²) in [5, 5.41) is 7.67. The lowest BCUT2D eigenvalue weighted by Gasteiger charge is -2.27. The molecule has 2 atom stereocenters. The number of aromatic nitrogens is 1. The van der Waals surface area contributed by atoms with Crippen molar-refractivity contribution in [2.24, 2.45) is 11.8 Å². The van der Waals surface area contributed by atoms with Crippen LogP contribution in [0, 0.1) is 11.8 Å². The number of hydrogen-bond donors (Lipinski definition) is 1. The number of para-hydroxylation sites is 1. The van der Waals surface area contributed by atoms with Gasteiger partial charge in [0.2, 0.25) is 0 Å². The van der Waals surface area contributed by atoms with Crippen molar-refractivity contribution in [3.63, 3.8) is 0 Å². The van der Waals surface area contributed by atoms with E-state index >= 15 is 0 Å². The molecule has 1 N–H and O–H groups in total. The molecular weight excluding hydrogens is 397 g/mol. The molecule has 30 heavy (non-hydrogen) atoms. The summed E-state index contributed by atoms with van der Waals surface area (Å²) in [6.45, 7) is 0.448. The molecule has 0 aliphatic heterocycles. The lowest BCUT2D eigenvalue weighted by molar-refractivity contribution is -0.274. The Hall–Kier alpha value is -2.35. The van der Waals surface area contributed by atoms with Crippen molar-refractivity contribution in [2.45, 2.75) is 63.4 Å². The second-order valence-corrected chi connectivity index (χ2v) is 8.62. The first-order valence-electron chi connectivity index (χ1n) is 10.5. The average molecular weight is 420 g/mol. The molecule has 1 heterocycles. The molecule has 0 amide bonds. The summed E-state index contributed by atoms with van der Waals surface area (Å²) in [5.74, 6) is 1.41. The second-order valence-electron chi connectivity index (χ2n) is 8.62. The molecule has 3 fully saturated rings. The fraction of sp³-hybridized carbons (Fsp3) is 0.545. The Morgan fingerprint density at radius 1 is 1.07 bits per heavy atom. The van der Waals surface area contributed by atoms with Gasteiger partial charge in [-0.1, -0.05) is 17.3 Å². The molecule has 3 saturated carbocycles. The quantitative estimate of drug-likeness (QED) is 0.715. The smallest absolute Gasteiger partial charge is 0.405 e. The molecule has 2 aromatic rings. The Balaban J connectivity index is 1.41. The first-order valence-corrected chi connectivity index (χ1v) is 10.5. The van der Waals surface area contributed by atoms with Crippen LogP contribution in [-0.2, 0) is 11.3 Å². The molecule has 3 aliphatic carbocycles. The van der Waals surface area contributed by atoms with Crippen molar-refractivity contribution in [3.05, 3.63) is 35.6 Å². The maximum absolute atomic E-state index is 12.9. The third kappa shape index (κ3) is 3.85. The fourth-order valence-electron chi connectivity index (χ4n) is 4.93. The zero-order valence-electron chi connectivity index (χ0n) is 16.4. The van der Waals surface area contributed by atoms with Gasteiger partial charge in [0.05, 0.1) is 0 Å². The van der Waals surface area contributed by atoms with Gasteiger partial charge in [0.15, 0.2) is 0 Å². The maximum atomic E-state index is 12.9. The monoisotopic (exact) mass is 420 g/mol. The molecule has 2 unspecified atom stereocenters. The van der Waals surface area contributed by atoms with Gasteiger partial charge in [-0.3, -0.25) is 4.79 Å². The third-order valence-electron chi connectivity index (χ3n) is 6.51. The predicted octanol–water partition coefficient (Wildman–Crippen LogP) is 4.96. The number of ketones is 1. The van der Waals surface area contributed by atoms with Gasteiger partial charge in [0, 0.05) is 41.5 Å². The van der Waals surface area contributed by atoms with Crippen LogP contribution in [0.5, 0.6) is 5.75 Å². The number of benzene rings is 1. The van der Waals surface area contributed by atoms with E-state index in [2.05, 4.69) is 15.2 Å². The van der Waals surface area contributed by atoms with E-state index in [-0.39, 0.29) is 35.1 Å². The van der Waals surface area contributed by atoms with Crippen molar-refractivity contribution >= 4 is 5.78 Å². The van der Waals surface area contributed by atoms with Crippen molar-refractivity contribution in [2.75, 3.05) is 0 Å². The van der Waals surface area contributed by atoms with Gasteiger partial charge in [-0.15, -0.1) is 13.2 Å². The largest absolute Gasteiger partial charge is 0.573 e. The summed E-state index contributed by atoms with van der Waals surface area (Å²) >= 11 is 0. The minimum Gasteiger partial charge on any atom is -0.405 e. The Labute approximate surface area is 172 Å². The molecule has 2 bridgehead atoms. The van der Waals surface area contributed by atoms with Crippen LogP contribution in [0.3, 0.4) is 0 Å². The fourth-order valence-corrected chi connectivity index (χ4v) is 4.93. The topological polar surface area (TPSA) is 64.4 Å². The Kier molecular flexibility index (Phi) is 4.84. The predicted molar refractivity (Wildman–Crippen MR) is 102 cm³/mol. The van der Waals surface area contributed by atoms with Crippen LogP contribution in [0.25, 0.3) is 11.3 Å². The Morgan fingerprint density at radius 3 is 2.40 bits per heavy atom. The molecule has 0 spiro atoms. The summed E-state index contributed by atoms with van der Waals surface area (Å²) in [6, 6.07) is 6.23. The Morgan fingerprint density at radius 2 is 1.73 bits per heavy atom. The number of ether oxygens (including phenoxy) is 1. The van der Waals surface area contributed by atoms with E-state index in [1.54, 1.807) is 12.1 Å². The highest BCUT2D eigenvalue weighted by atomic mass is 19.4. The first-order chi connectivity index (χ1) is 14.4. The summed E-state index contributed by atoms with van der Waals surface area (Å²) in [6.07, 6.45) is 0.774. The first kappa shape index (κ1) is 19.6. The molecule has 0 saturated heterocycles. The highest BCUT2D eigenvalue weighted by molar-refractivity contribution is 5.86. The van der Waals surface area contributed by atoms with Crippen molar-refractivity contribution in [1.82, 2.24) is 10.5 Å². The van der Waals surface area contributed by atoms with Crippen LogP contribution in [0.4, 0.5) is 13.2 Å². The number of rotatable bonds is 6. The van der Waals surface area contributed by atoms with E-state index in [1.165, 1.54) is 12.1 Å². The second kappa shape index (κ2) is 7.41. The molecule has 5 nitrogen and oxygen atoms in total. The number of halogens is 3. The van der Waals surface area contributed by atoms with Gasteiger partial charge in [-0.25, -0.2) is 0 Å². The van der Waals surface area contributed by atoms with Gasteiger partial charge >= 0.3 is 6.36 Å². The van der Waals surface area contributed by atoms with E-state index in [0.717, 1.165) is 49.8 Å². The van der Waals surface area contributed by atoms with Crippen LogP contribution < -0.4 is 10.1 Å². The minimum atomic E-state index is -4.79. The number of carbonyl (C=O) groups excluding carboxylic acids is 1. The molecular formula is C22H23F3N2O3. The van der Waals surface area contributed by atoms with Crippen LogP contribution in [0.15, 0.2) is 28.8 Å². The van der Waals surface area contributed by atoms with Crippen molar-refractivity contribution < 1.29 is 27.2 Å². The van der Waals surface area contributed by atoms with Crippen LogP contribution in [-0.4, -0.2) is 23.3 Å². The number of carbonyl (C=O) groups is 1. The highest BCUT2D eigenvalue weighted by Crippen LogP contribution is 2.46. The zero-order chi connectivity index (χ0) is 20.9. The number of fused-ring (bicyclic) bond motifs is 2. The lowest BCUT2D eigenvalue weighted by atomic mass is 9.84. The maximum Gasteiger partial charge on any atom is 0.573 e.